The average molecular weight is 519 g/mol. The molecular formula is C21H19Cl4N3O2S. The molecule has 0 unspecified atom stereocenters. The van der Waals surface area contributed by atoms with Crippen LogP contribution in [0.5, 0.6) is 0 Å². The number of halogens is 4. The first kappa shape index (κ1) is 22.9. The first-order chi connectivity index (χ1) is 14.7. The molecule has 164 valence electrons. The lowest BCUT2D eigenvalue weighted by Gasteiger charge is -2.30. The number of nitrogens with zero attached hydrogens (tertiary/aromatic N) is 1. The molecule has 0 aliphatic heterocycles. The molecule has 1 aliphatic rings. The highest BCUT2D eigenvalue weighted by Gasteiger charge is 2.28. The molecule has 0 bridgehead atoms. The van der Waals surface area contributed by atoms with Crippen LogP contribution in [0, 0.1) is 0 Å². The molecule has 0 atom stereocenters. The number of hydrogen-bond donors (Lipinski definition) is 2. The lowest BCUT2D eigenvalue weighted by molar-refractivity contribution is 0.387. The van der Waals surface area contributed by atoms with Crippen molar-refractivity contribution in [1.29, 1.82) is 0 Å². The van der Waals surface area contributed by atoms with Crippen molar-refractivity contribution in [2.24, 2.45) is 0 Å². The largest absolute Gasteiger partial charge is 0.382 e. The van der Waals surface area contributed by atoms with Crippen LogP contribution in [0.2, 0.25) is 20.1 Å². The van der Waals surface area contributed by atoms with Crippen LogP contribution in [-0.2, 0) is 10.0 Å². The first-order valence-electron chi connectivity index (χ1n) is 9.71. The number of anilines is 1. The highest BCUT2D eigenvalue weighted by molar-refractivity contribution is 7.89. The predicted octanol–water partition coefficient (Wildman–Crippen LogP) is 6.55. The molecule has 10 heteroatoms. The van der Waals surface area contributed by atoms with Gasteiger partial charge in [0.25, 0.3) is 0 Å². The molecule has 3 aromatic rings. The smallest absolute Gasteiger partial charge is 0.242 e. The number of hydrogen-bond acceptors (Lipinski definition) is 4. The van der Waals surface area contributed by atoms with Gasteiger partial charge in [0.15, 0.2) is 0 Å². The van der Waals surface area contributed by atoms with Gasteiger partial charge in [-0.3, -0.25) is 4.98 Å². The van der Waals surface area contributed by atoms with Crippen LogP contribution in [0.15, 0.2) is 47.5 Å². The second-order valence-corrected chi connectivity index (χ2v) is 10.8. The van der Waals surface area contributed by atoms with Crippen molar-refractivity contribution in [1.82, 2.24) is 9.71 Å². The third kappa shape index (κ3) is 5.05. The normalized spacial score (nSPS) is 19.5. The number of fused-ring (bicyclic) bond motifs is 1. The van der Waals surface area contributed by atoms with E-state index in [1.54, 1.807) is 6.20 Å². The Morgan fingerprint density at radius 1 is 0.871 bits per heavy atom. The van der Waals surface area contributed by atoms with E-state index in [9.17, 15) is 8.42 Å². The molecule has 0 spiro atoms. The van der Waals surface area contributed by atoms with Gasteiger partial charge in [-0.05, 0) is 62.1 Å². The van der Waals surface area contributed by atoms with Crippen molar-refractivity contribution in [2.75, 3.05) is 5.32 Å². The quantitative estimate of drug-likeness (QED) is 0.375. The number of rotatable bonds is 5. The average Bonchev–Trinajstić information content (AvgIpc) is 2.73. The van der Waals surface area contributed by atoms with E-state index in [-0.39, 0.29) is 32.0 Å². The van der Waals surface area contributed by atoms with Gasteiger partial charge < -0.3 is 5.32 Å². The fraction of sp³-hybridized carbons (Fsp3) is 0.286. The maximum absolute atomic E-state index is 12.8. The van der Waals surface area contributed by atoms with Gasteiger partial charge in [-0.1, -0.05) is 46.4 Å². The Morgan fingerprint density at radius 2 is 1.58 bits per heavy atom. The van der Waals surface area contributed by atoms with E-state index in [4.69, 9.17) is 46.4 Å². The van der Waals surface area contributed by atoms with Crippen LogP contribution in [0.1, 0.15) is 25.7 Å². The van der Waals surface area contributed by atoms with Gasteiger partial charge in [0, 0.05) is 34.4 Å². The van der Waals surface area contributed by atoms with E-state index in [0.29, 0.717) is 17.9 Å². The SMILES string of the molecule is O=S(=O)(N[C@H]1CC[C@@H](Nc2ccnc3cc(Cl)ccc23)CC1)c1ccc(Cl)c(Cl)c1Cl. The zero-order valence-corrected chi connectivity index (χ0v) is 20.0. The van der Waals surface area contributed by atoms with Crippen molar-refractivity contribution >= 4 is 73.0 Å². The number of nitrogens with one attached hydrogen (secondary N) is 2. The number of aromatic nitrogens is 1. The summed E-state index contributed by atoms with van der Waals surface area (Å²) in [5.41, 5.74) is 1.82. The molecular weight excluding hydrogens is 500 g/mol. The Balaban J connectivity index is 1.41. The Bertz CT molecular complexity index is 1230. The summed E-state index contributed by atoms with van der Waals surface area (Å²) in [5.74, 6) is 0. The molecule has 1 heterocycles. The number of pyridine rings is 1. The van der Waals surface area contributed by atoms with Gasteiger partial charge in [-0.25, -0.2) is 13.1 Å². The van der Waals surface area contributed by atoms with Gasteiger partial charge in [0.2, 0.25) is 10.0 Å². The predicted molar refractivity (Wildman–Crippen MR) is 128 cm³/mol. The summed E-state index contributed by atoms with van der Waals surface area (Å²) in [5, 5.41) is 5.39. The second-order valence-electron chi connectivity index (χ2n) is 7.51. The topological polar surface area (TPSA) is 71.1 Å². The summed E-state index contributed by atoms with van der Waals surface area (Å²) in [6.45, 7) is 0. The van der Waals surface area contributed by atoms with E-state index < -0.39 is 10.0 Å². The Labute approximate surface area is 201 Å². The van der Waals surface area contributed by atoms with Crippen LogP contribution >= 0.6 is 46.4 Å². The highest BCUT2D eigenvalue weighted by Crippen LogP contribution is 2.35. The van der Waals surface area contributed by atoms with Crippen molar-refractivity contribution in [3.63, 3.8) is 0 Å². The summed E-state index contributed by atoms with van der Waals surface area (Å²) in [6.07, 6.45) is 4.79. The van der Waals surface area contributed by atoms with Crippen LogP contribution in [0.3, 0.4) is 0 Å². The number of sulfonamides is 1. The van der Waals surface area contributed by atoms with Gasteiger partial charge in [0.1, 0.15) is 4.90 Å². The fourth-order valence-corrected chi connectivity index (χ4v) is 6.27. The van der Waals surface area contributed by atoms with Gasteiger partial charge in [-0.2, -0.15) is 0 Å². The third-order valence-electron chi connectivity index (χ3n) is 5.40. The van der Waals surface area contributed by atoms with Crippen molar-refractivity contribution in [3.8, 4) is 0 Å². The Kier molecular flexibility index (Phi) is 6.87. The molecule has 5 nitrogen and oxygen atoms in total. The summed E-state index contributed by atoms with van der Waals surface area (Å²) in [4.78, 5) is 4.30. The minimum atomic E-state index is -3.81. The summed E-state index contributed by atoms with van der Waals surface area (Å²) in [6, 6.07) is 10.4. The van der Waals surface area contributed by atoms with Gasteiger partial charge in [-0.15, -0.1) is 0 Å². The highest BCUT2D eigenvalue weighted by atomic mass is 35.5. The lowest BCUT2D eigenvalue weighted by Crippen LogP contribution is -2.40. The van der Waals surface area contributed by atoms with Crippen LogP contribution in [-0.4, -0.2) is 25.5 Å². The molecule has 0 saturated heterocycles. The maximum atomic E-state index is 12.8. The molecule has 4 rings (SSSR count). The minimum Gasteiger partial charge on any atom is -0.382 e. The van der Waals surface area contributed by atoms with E-state index in [0.717, 1.165) is 29.4 Å². The summed E-state index contributed by atoms with van der Waals surface area (Å²) < 4.78 is 28.4. The van der Waals surface area contributed by atoms with Crippen molar-refractivity contribution < 1.29 is 8.42 Å². The van der Waals surface area contributed by atoms with Gasteiger partial charge in [0.05, 0.1) is 20.6 Å². The van der Waals surface area contributed by atoms with E-state index >= 15 is 0 Å². The third-order valence-corrected chi connectivity index (χ3v) is 8.61. The Hall–Kier alpha value is -1.28. The molecule has 2 aromatic carbocycles. The maximum Gasteiger partial charge on any atom is 0.242 e. The molecule has 0 amide bonds. The monoisotopic (exact) mass is 517 g/mol. The fourth-order valence-electron chi connectivity index (χ4n) is 3.82. The molecule has 1 aliphatic carbocycles. The van der Waals surface area contributed by atoms with E-state index in [2.05, 4.69) is 15.0 Å². The molecule has 1 aromatic heterocycles. The summed E-state index contributed by atoms with van der Waals surface area (Å²) in [7, 11) is -3.81. The van der Waals surface area contributed by atoms with Crippen LogP contribution in [0.25, 0.3) is 10.9 Å². The zero-order chi connectivity index (χ0) is 22.2. The first-order valence-corrected chi connectivity index (χ1v) is 12.7. The lowest BCUT2D eigenvalue weighted by atomic mass is 9.91. The molecule has 0 radical (unpaired) electrons. The van der Waals surface area contributed by atoms with Crippen LogP contribution in [0.4, 0.5) is 5.69 Å². The minimum absolute atomic E-state index is 0.0324. The van der Waals surface area contributed by atoms with Crippen molar-refractivity contribution in [3.05, 3.63) is 62.7 Å². The molecule has 1 saturated carbocycles. The standard InChI is InChI=1S/C21H19Cl4N3O2S/c22-12-1-6-15-17(9-10-26-18(15)11-12)27-13-2-4-14(5-3-13)28-31(29,30)19-8-7-16(23)20(24)21(19)25/h1,6-11,13-14,28H,2-5H2,(H,26,27)/t13-,14+. The van der Waals surface area contributed by atoms with Crippen LogP contribution < -0.4 is 10.0 Å². The molecule has 31 heavy (non-hydrogen) atoms. The van der Waals surface area contributed by atoms with Crippen molar-refractivity contribution in [2.45, 2.75) is 42.7 Å². The Morgan fingerprint density at radius 3 is 2.32 bits per heavy atom. The molecule has 2 N–H and O–H groups in total. The number of benzene rings is 2. The van der Waals surface area contributed by atoms with E-state index in [1.165, 1.54) is 12.1 Å². The van der Waals surface area contributed by atoms with E-state index in [1.807, 2.05) is 24.3 Å². The van der Waals surface area contributed by atoms with Gasteiger partial charge >= 0.3 is 0 Å². The zero-order valence-electron chi connectivity index (χ0n) is 16.2. The second kappa shape index (κ2) is 9.30. The summed E-state index contributed by atoms with van der Waals surface area (Å²) >= 11 is 24.1. The molecule has 1 fully saturated rings.